The largest absolute Gasteiger partial charge is 0.484 e. The van der Waals surface area contributed by atoms with Crippen molar-refractivity contribution in [3.05, 3.63) is 30.7 Å². The number of likely N-dealkylation sites (N-methyl/N-ethyl adjacent to an activating group) is 2. The highest BCUT2D eigenvalue weighted by Crippen LogP contribution is 2.20. The molecule has 0 atom stereocenters. The van der Waals surface area contributed by atoms with Gasteiger partial charge >= 0.3 is 0 Å². The van der Waals surface area contributed by atoms with Crippen molar-refractivity contribution in [3.63, 3.8) is 0 Å². The Bertz CT molecular complexity index is 625. The lowest BCUT2D eigenvalue weighted by atomic mass is 10.2. The van der Waals surface area contributed by atoms with Crippen LogP contribution in [0.15, 0.2) is 35.1 Å². The average molecular weight is 304 g/mol. The van der Waals surface area contributed by atoms with Crippen molar-refractivity contribution in [2.75, 3.05) is 27.2 Å². The number of hydrogen-bond donors (Lipinski definition) is 1. The van der Waals surface area contributed by atoms with Crippen molar-refractivity contribution in [2.24, 2.45) is 0 Å². The summed E-state index contributed by atoms with van der Waals surface area (Å²) < 4.78 is 10.5. The Balaban J connectivity index is 1.86. The van der Waals surface area contributed by atoms with Gasteiger partial charge in [0, 0.05) is 19.7 Å². The molecular weight excluding hydrogens is 288 g/mol. The Morgan fingerprint density at radius 2 is 2.05 bits per heavy atom. The van der Waals surface area contributed by atoms with Gasteiger partial charge in [-0.2, -0.15) is 0 Å². The van der Waals surface area contributed by atoms with Gasteiger partial charge in [-0.3, -0.25) is 9.59 Å². The average Bonchev–Trinajstić information content (AvgIpc) is 3.07. The van der Waals surface area contributed by atoms with E-state index in [1.165, 1.54) is 18.3 Å². The van der Waals surface area contributed by atoms with Crippen molar-refractivity contribution >= 4 is 11.8 Å². The van der Waals surface area contributed by atoms with Gasteiger partial charge in [-0.1, -0.05) is 0 Å². The maximum Gasteiger partial charge on any atom is 0.260 e. The van der Waals surface area contributed by atoms with Gasteiger partial charge in [-0.15, -0.1) is 10.2 Å². The van der Waals surface area contributed by atoms with Gasteiger partial charge in [-0.05, 0) is 24.3 Å². The molecule has 0 radical (unpaired) electrons. The number of aromatic nitrogens is 2. The van der Waals surface area contributed by atoms with Crippen molar-refractivity contribution in [2.45, 2.75) is 0 Å². The summed E-state index contributed by atoms with van der Waals surface area (Å²) in [6.07, 6.45) is 1.25. The van der Waals surface area contributed by atoms with Crippen LogP contribution in [0.1, 0.15) is 0 Å². The van der Waals surface area contributed by atoms with Gasteiger partial charge in [0.15, 0.2) is 6.61 Å². The number of carbonyl (C=O) groups is 2. The molecule has 0 aliphatic heterocycles. The van der Waals surface area contributed by atoms with E-state index in [-0.39, 0.29) is 25.0 Å². The molecule has 0 fully saturated rings. The summed E-state index contributed by atoms with van der Waals surface area (Å²) in [5, 5.41) is 9.84. The summed E-state index contributed by atoms with van der Waals surface area (Å²) in [6, 6.07) is 6.90. The second-order valence-corrected chi connectivity index (χ2v) is 4.48. The minimum absolute atomic E-state index is 0.00516. The standard InChI is InChI=1S/C14H16N4O4/c1-15-12(19)7-18(2)13(20)8-21-11-5-3-10(4-6-11)14-17-16-9-22-14/h3-6,9H,7-8H2,1-2H3,(H,15,19). The highest BCUT2D eigenvalue weighted by Gasteiger charge is 2.12. The number of nitrogens with one attached hydrogen (secondary N) is 1. The second-order valence-electron chi connectivity index (χ2n) is 4.48. The molecule has 0 aliphatic rings. The smallest absolute Gasteiger partial charge is 0.260 e. The molecule has 8 nitrogen and oxygen atoms in total. The highest BCUT2D eigenvalue weighted by atomic mass is 16.5. The SMILES string of the molecule is CNC(=O)CN(C)C(=O)COc1ccc(-c2nnco2)cc1. The van der Waals surface area contributed by atoms with Crippen LogP contribution in [0.5, 0.6) is 5.75 Å². The van der Waals surface area contributed by atoms with Gasteiger partial charge in [-0.25, -0.2) is 0 Å². The minimum Gasteiger partial charge on any atom is -0.484 e. The first-order chi connectivity index (χ1) is 10.6. The molecule has 1 aromatic heterocycles. The van der Waals surface area contributed by atoms with Crippen molar-refractivity contribution < 1.29 is 18.7 Å². The van der Waals surface area contributed by atoms with Gasteiger partial charge in [0.1, 0.15) is 5.75 Å². The Labute approximate surface area is 127 Å². The molecule has 0 spiro atoms. The molecule has 0 saturated heterocycles. The first-order valence-electron chi connectivity index (χ1n) is 6.54. The normalized spacial score (nSPS) is 10.1. The number of ether oxygens (including phenoxy) is 1. The van der Waals surface area contributed by atoms with E-state index in [9.17, 15) is 9.59 Å². The van der Waals surface area contributed by atoms with Crippen LogP contribution in [0.2, 0.25) is 0 Å². The number of rotatable bonds is 6. The summed E-state index contributed by atoms with van der Waals surface area (Å²) in [6.45, 7) is -0.151. The van der Waals surface area contributed by atoms with E-state index in [0.29, 0.717) is 11.6 Å². The summed E-state index contributed by atoms with van der Waals surface area (Å²) in [5.74, 6) is 0.419. The lowest BCUT2D eigenvalue weighted by Gasteiger charge is -2.16. The molecule has 1 aromatic carbocycles. The molecule has 0 unspecified atom stereocenters. The molecular formula is C14H16N4O4. The second kappa shape index (κ2) is 7.21. The zero-order valence-corrected chi connectivity index (χ0v) is 12.3. The third-order valence-corrected chi connectivity index (χ3v) is 2.91. The fourth-order valence-corrected chi connectivity index (χ4v) is 1.63. The van der Waals surface area contributed by atoms with Crippen LogP contribution in [-0.2, 0) is 9.59 Å². The molecule has 0 saturated carbocycles. The maximum absolute atomic E-state index is 11.8. The Kier molecular flexibility index (Phi) is 5.07. The lowest BCUT2D eigenvalue weighted by Crippen LogP contribution is -2.39. The van der Waals surface area contributed by atoms with E-state index in [0.717, 1.165) is 5.56 Å². The first-order valence-corrected chi connectivity index (χ1v) is 6.54. The summed E-state index contributed by atoms with van der Waals surface area (Å²) in [4.78, 5) is 24.3. The van der Waals surface area contributed by atoms with Gasteiger partial charge in [0.25, 0.3) is 5.91 Å². The van der Waals surface area contributed by atoms with Crippen LogP contribution < -0.4 is 10.1 Å². The summed E-state index contributed by atoms with van der Waals surface area (Å²) >= 11 is 0. The zero-order valence-electron chi connectivity index (χ0n) is 12.3. The van der Waals surface area contributed by atoms with Crippen molar-refractivity contribution in [1.82, 2.24) is 20.4 Å². The maximum atomic E-state index is 11.8. The monoisotopic (exact) mass is 304 g/mol. The molecule has 2 amide bonds. The highest BCUT2D eigenvalue weighted by molar-refractivity contribution is 5.85. The van der Waals surface area contributed by atoms with E-state index in [4.69, 9.17) is 9.15 Å². The number of carbonyl (C=O) groups excluding carboxylic acids is 2. The van der Waals surface area contributed by atoms with Crippen molar-refractivity contribution in [3.8, 4) is 17.2 Å². The van der Waals surface area contributed by atoms with Crippen molar-refractivity contribution in [1.29, 1.82) is 0 Å². The van der Waals surface area contributed by atoms with E-state index < -0.39 is 0 Å². The van der Waals surface area contributed by atoms with Gasteiger partial charge in [0.2, 0.25) is 18.2 Å². The third-order valence-electron chi connectivity index (χ3n) is 2.91. The quantitative estimate of drug-likeness (QED) is 0.825. The van der Waals surface area contributed by atoms with Crippen LogP contribution >= 0.6 is 0 Å². The Hall–Kier alpha value is -2.90. The molecule has 2 aromatic rings. The molecule has 1 heterocycles. The molecule has 116 valence electrons. The molecule has 0 aliphatic carbocycles. The fraction of sp³-hybridized carbons (Fsp3) is 0.286. The van der Waals surface area contributed by atoms with Gasteiger partial charge in [0.05, 0.1) is 6.54 Å². The first kappa shape index (κ1) is 15.5. The molecule has 8 heteroatoms. The Morgan fingerprint density at radius 1 is 1.32 bits per heavy atom. The van der Waals surface area contributed by atoms with Crippen LogP contribution in [0, 0.1) is 0 Å². The number of benzene rings is 1. The summed E-state index contributed by atoms with van der Waals surface area (Å²) in [7, 11) is 3.06. The van der Waals surface area contributed by atoms with E-state index in [1.54, 1.807) is 31.3 Å². The predicted octanol–water partition coefficient (Wildman–Crippen LogP) is 0.320. The van der Waals surface area contributed by atoms with Gasteiger partial charge < -0.3 is 19.4 Å². The predicted molar refractivity (Wildman–Crippen MR) is 76.9 cm³/mol. The number of hydrogen-bond acceptors (Lipinski definition) is 6. The molecule has 1 N–H and O–H groups in total. The van der Waals surface area contributed by atoms with Crippen LogP contribution in [0.4, 0.5) is 0 Å². The van der Waals surface area contributed by atoms with E-state index in [2.05, 4.69) is 15.5 Å². The summed E-state index contributed by atoms with van der Waals surface area (Å²) in [5.41, 5.74) is 0.757. The molecule has 2 rings (SSSR count). The van der Waals surface area contributed by atoms with E-state index >= 15 is 0 Å². The minimum atomic E-state index is -0.287. The van der Waals surface area contributed by atoms with E-state index in [1.807, 2.05) is 0 Å². The zero-order chi connectivity index (χ0) is 15.9. The van der Waals surface area contributed by atoms with Crippen LogP contribution in [0.3, 0.4) is 0 Å². The number of amides is 2. The lowest BCUT2D eigenvalue weighted by molar-refractivity contribution is -0.136. The molecule has 0 bridgehead atoms. The Morgan fingerprint density at radius 3 is 2.64 bits per heavy atom. The number of nitrogens with zero attached hydrogens (tertiary/aromatic N) is 3. The molecule has 22 heavy (non-hydrogen) atoms. The van der Waals surface area contributed by atoms with Crippen LogP contribution in [0.25, 0.3) is 11.5 Å². The third kappa shape index (κ3) is 4.05. The topological polar surface area (TPSA) is 97.6 Å². The van der Waals surface area contributed by atoms with Crippen LogP contribution in [-0.4, -0.2) is 54.2 Å². The fourth-order valence-electron chi connectivity index (χ4n) is 1.63.